The van der Waals surface area contributed by atoms with Gasteiger partial charge in [0.1, 0.15) is 5.82 Å². The lowest BCUT2D eigenvalue weighted by molar-refractivity contribution is 0.439. The molecule has 1 aliphatic heterocycles. The maximum Gasteiger partial charge on any atom is 0.194 e. The van der Waals surface area contributed by atoms with Gasteiger partial charge in [-0.05, 0) is 44.2 Å². The average Bonchev–Trinajstić information content (AvgIpc) is 3.12. The number of aliphatic imine (C=N–C) groups is 1. The van der Waals surface area contributed by atoms with Crippen molar-refractivity contribution < 1.29 is 0 Å². The monoisotopic (exact) mass is 365 g/mol. The third-order valence-corrected chi connectivity index (χ3v) is 4.98. The van der Waals surface area contributed by atoms with Gasteiger partial charge in [0.15, 0.2) is 5.96 Å². The molecule has 1 aromatic heterocycles. The predicted molar refractivity (Wildman–Crippen MR) is 113 cm³/mol. The number of aryl methyl sites for hydroxylation is 2. The van der Waals surface area contributed by atoms with Crippen LogP contribution < -0.4 is 5.32 Å². The largest absolute Gasteiger partial charge is 0.357 e. The number of hydrogen-bond acceptors (Lipinski definition) is 2. The summed E-state index contributed by atoms with van der Waals surface area (Å²) in [5.41, 5.74) is 2.78. The Kier molecular flexibility index (Phi) is 7.08. The van der Waals surface area contributed by atoms with Gasteiger partial charge < -0.3 is 14.8 Å². The van der Waals surface area contributed by atoms with E-state index in [9.17, 15) is 0 Å². The van der Waals surface area contributed by atoms with E-state index >= 15 is 0 Å². The van der Waals surface area contributed by atoms with E-state index in [-0.39, 0.29) is 0 Å². The van der Waals surface area contributed by atoms with E-state index < -0.39 is 0 Å². The highest BCUT2D eigenvalue weighted by Gasteiger charge is 2.15. The summed E-state index contributed by atoms with van der Waals surface area (Å²) in [6.07, 6.45) is 9.53. The van der Waals surface area contributed by atoms with Gasteiger partial charge in [-0.3, -0.25) is 4.99 Å². The number of guanidine groups is 1. The quantitative estimate of drug-likeness (QED) is 0.462. The van der Waals surface area contributed by atoms with Crippen LogP contribution in [-0.4, -0.2) is 46.6 Å². The Labute approximate surface area is 162 Å². The van der Waals surface area contributed by atoms with Crippen molar-refractivity contribution in [1.29, 1.82) is 0 Å². The van der Waals surface area contributed by atoms with E-state index in [0.717, 1.165) is 63.8 Å². The minimum absolute atomic E-state index is 0.863. The number of unbranched alkanes of at least 4 members (excludes halogenated alkanes) is 1. The summed E-state index contributed by atoms with van der Waals surface area (Å²) < 4.78 is 2.20. The molecule has 1 N–H and O–H groups in total. The van der Waals surface area contributed by atoms with Crippen molar-refractivity contribution in [2.75, 3.05) is 26.2 Å². The normalized spacial score (nSPS) is 15.0. The fraction of sp³-hybridized carbons (Fsp3) is 0.455. The van der Waals surface area contributed by atoms with Crippen LogP contribution in [0.4, 0.5) is 0 Å². The fourth-order valence-electron chi connectivity index (χ4n) is 3.42. The number of imidazole rings is 1. The van der Waals surface area contributed by atoms with Gasteiger partial charge >= 0.3 is 0 Å². The number of nitrogens with one attached hydrogen (secondary N) is 1. The molecule has 5 nitrogen and oxygen atoms in total. The third-order valence-electron chi connectivity index (χ3n) is 4.98. The van der Waals surface area contributed by atoms with Gasteiger partial charge in [-0.15, -0.1) is 0 Å². The molecule has 0 fully saturated rings. The summed E-state index contributed by atoms with van der Waals surface area (Å²) in [7, 11) is 0. The van der Waals surface area contributed by atoms with E-state index in [2.05, 4.69) is 70.0 Å². The van der Waals surface area contributed by atoms with Crippen molar-refractivity contribution in [3.8, 4) is 0 Å². The SMILES string of the molecule is CCNC(=NCCCCn1ccnc1C)N1CC=C(c2ccccc2)CC1. The van der Waals surface area contributed by atoms with Crippen LogP contribution >= 0.6 is 0 Å². The van der Waals surface area contributed by atoms with Crippen LogP contribution in [0.15, 0.2) is 53.8 Å². The zero-order chi connectivity index (χ0) is 18.9. The van der Waals surface area contributed by atoms with Crippen LogP contribution in [0.5, 0.6) is 0 Å². The lowest BCUT2D eigenvalue weighted by Crippen LogP contribution is -2.43. The molecule has 0 unspecified atom stereocenters. The Morgan fingerprint density at radius 1 is 1.22 bits per heavy atom. The third kappa shape index (κ3) is 5.46. The molecule has 1 aromatic carbocycles. The highest BCUT2D eigenvalue weighted by atomic mass is 15.3. The molecule has 2 aromatic rings. The molecule has 2 heterocycles. The fourth-order valence-corrected chi connectivity index (χ4v) is 3.42. The molecular formula is C22H31N5. The number of rotatable bonds is 7. The molecule has 1 aliphatic rings. The van der Waals surface area contributed by atoms with Crippen LogP contribution in [0.1, 0.15) is 37.6 Å². The second-order valence-electron chi connectivity index (χ2n) is 6.90. The van der Waals surface area contributed by atoms with Gasteiger partial charge in [-0.25, -0.2) is 4.98 Å². The number of nitrogens with zero attached hydrogens (tertiary/aromatic N) is 4. The van der Waals surface area contributed by atoms with E-state index in [1.807, 2.05) is 12.4 Å². The maximum atomic E-state index is 4.85. The highest BCUT2D eigenvalue weighted by Crippen LogP contribution is 2.21. The minimum Gasteiger partial charge on any atom is -0.357 e. The van der Waals surface area contributed by atoms with Crippen molar-refractivity contribution in [1.82, 2.24) is 19.8 Å². The van der Waals surface area contributed by atoms with Crippen LogP contribution in [0, 0.1) is 6.92 Å². The van der Waals surface area contributed by atoms with Crippen molar-refractivity contribution in [3.05, 3.63) is 60.2 Å². The zero-order valence-corrected chi connectivity index (χ0v) is 16.6. The molecule has 0 amide bonds. The highest BCUT2D eigenvalue weighted by molar-refractivity contribution is 5.81. The Morgan fingerprint density at radius 3 is 2.74 bits per heavy atom. The summed E-state index contributed by atoms with van der Waals surface area (Å²) in [6, 6.07) is 10.7. The molecule has 3 rings (SSSR count). The van der Waals surface area contributed by atoms with Gasteiger partial charge in [0.25, 0.3) is 0 Å². The topological polar surface area (TPSA) is 45.5 Å². The molecule has 5 heteroatoms. The van der Waals surface area contributed by atoms with Gasteiger partial charge in [-0.2, -0.15) is 0 Å². The van der Waals surface area contributed by atoms with Crippen LogP contribution in [0.25, 0.3) is 5.57 Å². The molecular weight excluding hydrogens is 334 g/mol. The Hall–Kier alpha value is -2.56. The summed E-state index contributed by atoms with van der Waals surface area (Å²) in [5, 5.41) is 3.45. The Balaban J connectivity index is 1.50. The number of hydrogen-bond donors (Lipinski definition) is 1. The first-order valence-corrected chi connectivity index (χ1v) is 10.0. The van der Waals surface area contributed by atoms with Crippen molar-refractivity contribution in [3.63, 3.8) is 0 Å². The first-order valence-electron chi connectivity index (χ1n) is 10.0. The second kappa shape index (κ2) is 9.95. The summed E-state index contributed by atoms with van der Waals surface area (Å²) in [5.74, 6) is 2.13. The van der Waals surface area contributed by atoms with Crippen LogP contribution in [0.3, 0.4) is 0 Å². The lowest BCUT2D eigenvalue weighted by atomic mass is 10.00. The standard InChI is InChI=1S/C22H31N5/c1-3-23-22(25-13-7-8-15-26-18-14-24-19(26)2)27-16-11-21(12-17-27)20-9-5-4-6-10-20/h4-6,9-11,14,18H,3,7-8,12-13,15-17H2,1-2H3,(H,23,25). The van der Waals surface area contributed by atoms with Gasteiger partial charge in [0, 0.05) is 45.1 Å². The van der Waals surface area contributed by atoms with Crippen LogP contribution in [-0.2, 0) is 6.54 Å². The summed E-state index contributed by atoms with van der Waals surface area (Å²) in [6.45, 7) is 8.90. The van der Waals surface area contributed by atoms with Crippen molar-refractivity contribution in [2.24, 2.45) is 4.99 Å². The average molecular weight is 366 g/mol. The van der Waals surface area contributed by atoms with E-state index in [0.29, 0.717) is 0 Å². The molecule has 0 radical (unpaired) electrons. The molecule has 27 heavy (non-hydrogen) atoms. The van der Waals surface area contributed by atoms with E-state index in [4.69, 9.17) is 4.99 Å². The van der Waals surface area contributed by atoms with E-state index in [1.54, 1.807) is 0 Å². The summed E-state index contributed by atoms with van der Waals surface area (Å²) >= 11 is 0. The van der Waals surface area contributed by atoms with Gasteiger partial charge in [-0.1, -0.05) is 36.4 Å². The first kappa shape index (κ1) is 19.2. The van der Waals surface area contributed by atoms with Crippen molar-refractivity contribution >= 4 is 11.5 Å². The Bertz CT molecular complexity index is 760. The second-order valence-corrected chi connectivity index (χ2v) is 6.90. The van der Waals surface area contributed by atoms with E-state index in [1.165, 1.54) is 11.1 Å². The molecule has 0 spiro atoms. The molecule has 0 bridgehead atoms. The Morgan fingerprint density at radius 2 is 2.07 bits per heavy atom. The van der Waals surface area contributed by atoms with Gasteiger partial charge in [0.2, 0.25) is 0 Å². The van der Waals surface area contributed by atoms with Gasteiger partial charge in [0.05, 0.1) is 0 Å². The molecule has 0 saturated heterocycles. The predicted octanol–water partition coefficient (Wildman–Crippen LogP) is 3.73. The van der Waals surface area contributed by atoms with Crippen molar-refractivity contribution in [2.45, 2.75) is 39.7 Å². The number of aromatic nitrogens is 2. The van der Waals surface area contributed by atoms with Crippen LogP contribution in [0.2, 0.25) is 0 Å². The minimum atomic E-state index is 0.863. The molecule has 144 valence electrons. The molecule has 0 aliphatic carbocycles. The maximum absolute atomic E-state index is 4.85. The first-order chi connectivity index (χ1) is 13.3. The number of benzene rings is 1. The molecule has 0 saturated carbocycles. The summed E-state index contributed by atoms with van der Waals surface area (Å²) in [4.78, 5) is 11.5. The zero-order valence-electron chi connectivity index (χ0n) is 16.6. The smallest absolute Gasteiger partial charge is 0.194 e. The lowest BCUT2D eigenvalue weighted by Gasteiger charge is -2.30. The molecule has 0 atom stereocenters.